The minimum Gasteiger partial charge on any atom is -0.447 e. The quantitative estimate of drug-likeness (QED) is 0.785. The van der Waals surface area contributed by atoms with E-state index in [1.807, 2.05) is 4.90 Å². The highest BCUT2D eigenvalue weighted by molar-refractivity contribution is 5.72. The molecule has 0 bridgehead atoms. The third kappa shape index (κ3) is 1.62. The molecule has 7 heteroatoms. The van der Waals surface area contributed by atoms with Gasteiger partial charge in [-0.2, -0.15) is 0 Å². The molecule has 2 saturated heterocycles. The Kier molecular flexibility index (Phi) is 2.46. The average molecular weight is 252 g/mol. The second kappa shape index (κ2) is 4.01. The van der Waals surface area contributed by atoms with Crippen LogP contribution in [0.2, 0.25) is 0 Å². The fourth-order valence-corrected chi connectivity index (χ4v) is 2.47. The van der Waals surface area contributed by atoms with Gasteiger partial charge in [-0.05, 0) is 0 Å². The number of aromatic nitrogens is 1. The van der Waals surface area contributed by atoms with Crippen molar-refractivity contribution < 1.29 is 13.9 Å². The molecule has 1 atom stereocenters. The van der Waals surface area contributed by atoms with Crippen LogP contribution in [0.1, 0.15) is 0 Å². The number of nitrogen functional groups attached to an aromatic ring is 1. The lowest BCUT2D eigenvalue weighted by Crippen LogP contribution is -2.52. The van der Waals surface area contributed by atoms with Crippen molar-refractivity contribution in [1.29, 1.82) is 0 Å². The Bertz CT molecular complexity index is 476. The summed E-state index contributed by atoms with van der Waals surface area (Å²) in [5.74, 6) is -0.436. The fourth-order valence-electron chi connectivity index (χ4n) is 2.47. The number of nitrogens with zero attached hydrogens (tertiary/aromatic N) is 3. The van der Waals surface area contributed by atoms with Gasteiger partial charge in [0.05, 0.1) is 29.8 Å². The molecule has 96 valence electrons. The van der Waals surface area contributed by atoms with Crippen LogP contribution >= 0.6 is 0 Å². The largest absolute Gasteiger partial charge is 0.447 e. The standard InChI is InChI=1S/C11H13FN4O2/c12-8-3-14-4-9(13)10(8)15-1-2-16-7(5-15)6-18-11(16)17/h3-4,7H,1-2,5-6,13H2. The number of ether oxygens (including phenoxy) is 1. The van der Waals surface area contributed by atoms with Crippen molar-refractivity contribution in [1.82, 2.24) is 9.88 Å². The predicted octanol–water partition coefficient (Wildman–Crippen LogP) is 0.444. The van der Waals surface area contributed by atoms with Crippen LogP contribution < -0.4 is 10.6 Å². The number of amides is 1. The van der Waals surface area contributed by atoms with Gasteiger partial charge in [0.2, 0.25) is 0 Å². The van der Waals surface area contributed by atoms with Crippen molar-refractivity contribution in [2.24, 2.45) is 0 Å². The normalized spacial score (nSPS) is 22.9. The van der Waals surface area contributed by atoms with Crippen molar-refractivity contribution in [3.8, 4) is 0 Å². The van der Waals surface area contributed by atoms with Crippen LogP contribution in [0.5, 0.6) is 0 Å². The first kappa shape index (κ1) is 11.1. The van der Waals surface area contributed by atoms with E-state index >= 15 is 0 Å². The van der Waals surface area contributed by atoms with Crippen molar-refractivity contribution in [2.75, 3.05) is 36.9 Å². The highest BCUT2D eigenvalue weighted by Crippen LogP contribution is 2.29. The van der Waals surface area contributed by atoms with Crippen LogP contribution in [0, 0.1) is 5.82 Å². The zero-order chi connectivity index (χ0) is 12.7. The number of hydrogen-bond donors (Lipinski definition) is 1. The molecule has 1 amide bonds. The summed E-state index contributed by atoms with van der Waals surface area (Å²) >= 11 is 0. The minimum atomic E-state index is -0.436. The predicted molar refractivity (Wildman–Crippen MR) is 62.7 cm³/mol. The van der Waals surface area contributed by atoms with Crippen LogP contribution in [-0.2, 0) is 4.74 Å². The third-order valence-corrected chi connectivity index (χ3v) is 3.33. The number of cyclic esters (lactones) is 1. The van der Waals surface area contributed by atoms with Gasteiger partial charge in [-0.25, -0.2) is 9.18 Å². The second-order valence-corrected chi connectivity index (χ2v) is 4.43. The van der Waals surface area contributed by atoms with Gasteiger partial charge >= 0.3 is 6.09 Å². The van der Waals surface area contributed by atoms with Gasteiger partial charge in [0.15, 0.2) is 5.82 Å². The van der Waals surface area contributed by atoms with E-state index in [0.717, 1.165) is 6.20 Å². The summed E-state index contributed by atoms with van der Waals surface area (Å²) in [6.07, 6.45) is 2.29. The number of carbonyl (C=O) groups is 1. The highest BCUT2D eigenvalue weighted by Gasteiger charge is 2.38. The highest BCUT2D eigenvalue weighted by atomic mass is 19.1. The molecule has 0 aliphatic carbocycles. The van der Waals surface area contributed by atoms with E-state index in [4.69, 9.17) is 10.5 Å². The fraction of sp³-hybridized carbons (Fsp3) is 0.455. The summed E-state index contributed by atoms with van der Waals surface area (Å²) < 4.78 is 18.7. The van der Waals surface area contributed by atoms with E-state index in [2.05, 4.69) is 4.98 Å². The maximum atomic E-state index is 13.8. The number of anilines is 2. The number of nitrogens with two attached hydrogens (primary N) is 1. The first-order valence-corrected chi connectivity index (χ1v) is 5.74. The Hall–Kier alpha value is -2.05. The SMILES string of the molecule is Nc1cncc(F)c1N1CCN2C(=O)OCC2C1. The lowest BCUT2D eigenvalue weighted by molar-refractivity contribution is 0.157. The first-order valence-electron chi connectivity index (χ1n) is 5.74. The molecule has 3 heterocycles. The Labute approximate surface area is 103 Å². The number of carbonyl (C=O) groups excluding carboxylic acids is 1. The molecule has 0 aromatic carbocycles. The minimum absolute atomic E-state index is 0.0294. The Morgan fingerprint density at radius 1 is 1.44 bits per heavy atom. The second-order valence-electron chi connectivity index (χ2n) is 4.43. The van der Waals surface area contributed by atoms with E-state index in [1.54, 1.807) is 4.90 Å². The Morgan fingerprint density at radius 2 is 2.28 bits per heavy atom. The lowest BCUT2D eigenvalue weighted by Gasteiger charge is -2.37. The monoisotopic (exact) mass is 252 g/mol. The van der Waals surface area contributed by atoms with Gasteiger partial charge in [-0.1, -0.05) is 0 Å². The van der Waals surface area contributed by atoms with E-state index in [0.29, 0.717) is 37.6 Å². The van der Waals surface area contributed by atoms with Gasteiger partial charge in [0.25, 0.3) is 0 Å². The topological polar surface area (TPSA) is 71.7 Å². The van der Waals surface area contributed by atoms with Crippen molar-refractivity contribution in [3.63, 3.8) is 0 Å². The molecular formula is C11H13FN4O2. The lowest BCUT2D eigenvalue weighted by atomic mass is 10.1. The molecule has 2 aliphatic rings. The summed E-state index contributed by atoms with van der Waals surface area (Å²) in [6, 6.07) is -0.0294. The van der Waals surface area contributed by atoms with Gasteiger partial charge in [0, 0.05) is 19.6 Å². The van der Waals surface area contributed by atoms with Crippen molar-refractivity contribution >= 4 is 17.5 Å². The van der Waals surface area contributed by atoms with Gasteiger partial charge in [-0.3, -0.25) is 9.88 Å². The molecule has 2 fully saturated rings. The van der Waals surface area contributed by atoms with Gasteiger partial charge in [-0.15, -0.1) is 0 Å². The summed E-state index contributed by atoms with van der Waals surface area (Å²) in [4.78, 5) is 18.6. The molecule has 1 aromatic rings. The number of fused-ring (bicyclic) bond motifs is 1. The van der Waals surface area contributed by atoms with E-state index in [1.165, 1.54) is 6.20 Å². The van der Waals surface area contributed by atoms with Crippen LogP contribution in [-0.4, -0.2) is 48.3 Å². The number of pyridine rings is 1. The summed E-state index contributed by atoms with van der Waals surface area (Å²) in [5.41, 5.74) is 6.44. The number of rotatable bonds is 1. The van der Waals surface area contributed by atoms with Crippen LogP contribution in [0.4, 0.5) is 20.6 Å². The number of hydrogen-bond acceptors (Lipinski definition) is 5. The molecule has 3 rings (SSSR count). The maximum absolute atomic E-state index is 13.8. The van der Waals surface area contributed by atoms with Crippen LogP contribution in [0.25, 0.3) is 0 Å². The maximum Gasteiger partial charge on any atom is 0.410 e. The first-order chi connectivity index (χ1) is 8.66. The molecule has 0 saturated carbocycles. The number of halogens is 1. The molecule has 2 N–H and O–H groups in total. The van der Waals surface area contributed by atoms with E-state index in [-0.39, 0.29) is 12.1 Å². The number of piperazine rings is 1. The van der Waals surface area contributed by atoms with Crippen molar-refractivity contribution in [2.45, 2.75) is 6.04 Å². The molecule has 6 nitrogen and oxygen atoms in total. The summed E-state index contributed by atoms with van der Waals surface area (Å²) in [6.45, 7) is 1.93. The molecule has 1 unspecified atom stereocenters. The van der Waals surface area contributed by atoms with Crippen LogP contribution in [0.15, 0.2) is 12.4 Å². The molecular weight excluding hydrogens is 239 g/mol. The summed E-state index contributed by atoms with van der Waals surface area (Å²) in [7, 11) is 0. The van der Waals surface area contributed by atoms with Gasteiger partial charge < -0.3 is 15.4 Å². The average Bonchev–Trinajstić information content (AvgIpc) is 2.71. The smallest absolute Gasteiger partial charge is 0.410 e. The summed E-state index contributed by atoms with van der Waals surface area (Å²) in [5, 5.41) is 0. The molecule has 18 heavy (non-hydrogen) atoms. The molecule has 0 spiro atoms. The Balaban J connectivity index is 1.85. The zero-order valence-corrected chi connectivity index (χ0v) is 9.67. The third-order valence-electron chi connectivity index (χ3n) is 3.33. The molecule has 2 aliphatic heterocycles. The van der Waals surface area contributed by atoms with E-state index < -0.39 is 5.82 Å². The van der Waals surface area contributed by atoms with Gasteiger partial charge in [0.1, 0.15) is 6.61 Å². The zero-order valence-electron chi connectivity index (χ0n) is 9.67. The van der Waals surface area contributed by atoms with Crippen molar-refractivity contribution in [3.05, 3.63) is 18.2 Å². The molecule has 1 aromatic heterocycles. The molecule has 0 radical (unpaired) electrons. The van der Waals surface area contributed by atoms with Crippen LogP contribution in [0.3, 0.4) is 0 Å². The van der Waals surface area contributed by atoms with E-state index in [9.17, 15) is 9.18 Å². The Morgan fingerprint density at radius 3 is 3.06 bits per heavy atom.